The van der Waals surface area contributed by atoms with Crippen LogP contribution in [0.15, 0.2) is 22.7 Å². The molecule has 16 heavy (non-hydrogen) atoms. The van der Waals surface area contributed by atoms with Gasteiger partial charge in [0.05, 0.1) is 10.5 Å². The third kappa shape index (κ3) is 1.79. The number of nitrogens with zero attached hydrogens (tertiary/aromatic N) is 1. The number of pyridine rings is 1. The Morgan fingerprint density at radius 3 is 2.81 bits per heavy atom. The lowest BCUT2D eigenvalue weighted by Gasteiger charge is -2.06. The first-order valence-electron chi connectivity index (χ1n) is 4.49. The van der Waals surface area contributed by atoms with Crippen molar-refractivity contribution >= 4 is 44.4 Å². The van der Waals surface area contributed by atoms with Crippen molar-refractivity contribution in [2.75, 3.05) is 0 Å². The lowest BCUT2D eigenvalue weighted by molar-refractivity contribution is 0.0691. The maximum atomic E-state index is 10.9. The molecule has 1 aromatic carbocycles. The Hall–Kier alpha value is -1.13. The van der Waals surface area contributed by atoms with E-state index in [1.807, 2.05) is 19.1 Å². The van der Waals surface area contributed by atoms with Gasteiger partial charge in [-0.1, -0.05) is 33.6 Å². The molecular weight excluding hydrogens is 293 g/mol. The molecular formula is C11H7BrClNO2. The van der Waals surface area contributed by atoms with E-state index in [-0.39, 0.29) is 5.69 Å². The molecule has 0 radical (unpaired) electrons. The van der Waals surface area contributed by atoms with Crippen LogP contribution in [0.4, 0.5) is 0 Å². The number of hydrogen-bond acceptors (Lipinski definition) is 2. The number of hydrogen-bond donors (Lipinski definition) is 1. The Morgan fingerprint density at radius 1 is 1.50 bits per heavy atom. The average molecular weight is 301 g/mol. The molecule has 82 valence electrons. The van der Waals surface area contributed by atoms with Gasteiger partial charge in [-0.3, -0.25) is 0 Å². The summed E-state index contributed by atoms with van der Waals surface area (Å²) < 4.78 is 0.808. The molecule has 1 aromatic heterocycles. The van der Waals surface area contributed by atoms with Crippen LogP contribution in [-0.2, 0) is 0 Å². The standard InChI is InChI=1S/C11H7BrClNO2/c1-5-2-3-6(12)9-7(13)4-8(11(15)16)14-10(5)9/h2-4H,1H3,(H,15,16). The van der Waals surface area contributed by atoms with E-state index in [1.54, 1.807) is 0 Å². The predicted molar refractivity (Wildman–Crippen MR) is 66.1 cm³/mol. The zero-order valence-electron chi connectivity index (χ0n) is 8.29. The molecule has 0 aliphatic carbocycles. The Morgan fingerprint density at radius 2 is 2.19 bits per heavy atom. The molecule has 0 fully saturated rings. The lowest BCUT2D eigenvalue weighted by atomic mass is 10.1. The molecule has 3 nitrogen and oxygen atoms in total. The van der Waals surface area contributed by atoms with E-state index in [1.165, 1.54) is 6.07 Å². The summed E-state index contributed by atoms with van der Waals surface area (Å²) in [5.74, 6) is -1.08. The molecule has 2 aromatic rings. The molecule has 0 unspecified atom stereocenters. The van der Waals surface area contributed by atoms with Gasteiger partial charge in [0.2, 0.25) is 0 Å². The topological polar surface area (TPSA) is 50.2 Å². The maximum absolute atomic E-state index is 10.9. The number of halogens is 2. The minimum atomic E-state index is -1.08. The molecule has 1 N–H and O–H groups in total. The molecule has 0 spiro atoms. The number of aryl methyl sites for hydroxylation is 1. The van der Waals surface area contributed by atoms with Crippen molar-refractivity contribution in [2.24, 2.45) is 0 Å². The van der Waals surface area contributed by atoms with Gasteiger partial charge in [-0.2, -0.15) is 0 Å². The summed E-state index contributed by atoms with van der Waals surface area (Å²) in [7, 11) is 0. The summed E-state index contributed by atoms with van der Waals surface area (Å²) >= 11 is 9.42. The molecule has 0 amide bonds. The summed E-state index contributed by atoms with van der Waals surface area (Å²) in [6.07, 6.45) is 0. The van der Waals surface area contributed by atoms with Gasteiger partial charge in [-0.15, -0.1) is 0 Å². The van der Waals surface area contributed by atoms with Crippen molar-refractivity contribution in [1.82, 2.24) is 4.98 Å². The van der Waals surface area contributed by atoms with Crippen molar-refractivity contribution in [3.8, 4) is 0 Å². The van der Waals surface area contributed by atoms with Crippen LogP contribution in [0.5, 0.6) is 0 Å². The molecule has 0 aliphatic rings. The Kier molecular flexibility index (Phi) is 2.86. The predicted octanol–water partition coefficient (Wildman–Crippen LogP) is 3.66. The first-order chi connectivity index (χ1) is 7.50. The summed E-state index contributed by atoms with van der Waals surface area (Å²) in [6, 6.07) is 5.09. The lowest BCUT2D eigenvalue weighted by Crippen LogP contribution is -2.01. The number of carbonyl (C=O) groups is 1. The number of fused-ring (bicyclic) bond motifs is 1. The van der Waals surface area contributed by atoms with Crippen LogP contribution >= 0.6 is 27.5 Å². The molecule has 0 bridgehead atoms. The van der Waals surface area contributed by atoms with Gasteiger partial charge in [0.15, 0.2) is 0 Å². The SMILES string of the molecule is Cc1ccc(Br)c2c(Cl)cc(C(=O)O)nc12. The van der Waals surface area contributed by atoms with Crippen molar-refractivity contribution < 1.29 is 9.90 Å². The smallest absolute Gasteiger partial charge is 0.354 e. The zero-order chi connectivity index (χ0) is 11.9. The second kappa shape index (κ2) is 4.03. The highest BCUT2D eigenvalue weighted by molar-refractivity contribution is 9.10. The van der Waals surface area contributed by atoms with Gasteiger partial charge in [-0.25, -0.2) is 9.78 Å². The molecule has 0 saturated carbocycles. The normalized spacial score (nSPS) is 10.7. The Balaban J connectivity index is 2.92. The fraction of sp³-hybridized carbons (Fsp3) is 0.0909. The molecule has 5 heteroatoms. The van der Waals surface area contributed by atoms with Gasteiger partial charge in [0, 0.05) is 9.86 Å². The van der Waals surface area contributed by atoms with Crippen molar-refractivity contribution in [3.05, 3.63) is 39.0 Å². The molecule has 1 heterocycles. The van der Waals surface area contributed by atoms with Crippen LogP contribution in [-0.4, -0.2) is 16.1 Å². The van der Waals surface area contributed by atoms with Gasteiger partial charge < -0.3 is 5.11 Å². The summed E-state index contributed by atoms with van der Waals surface area (Å²) in [4.78, 5) is 14.9. The van der Waals surface area contributed by atoms with Crippen LogP contribution in [0.2, 0.25) is 5.02 Å². The van der Waals surface area contributed by atoms with E-state index >= 15 is 0 Å². The number of carboxylic acid groups (broad SMARTS) is 1. The van der Waals surface area contributed by atoms with Crippen molar-refractivity contribution in [3.63, 3.8) is 0 Å². The first kappa shape index (κ1) is 11.4. The van der Waals surface area contributed by atoms with Gasteiger partial charge >= 0.3 is 5.97 Å². The quantitative estimate of drug-likeness (QED) is 0.874. The summed E-state index contributed by atoms with van der Waals surface area (Å²) in [5, 5.41) is 10.0. The van der Waals surface area contributed by atoms with Crippen LogP contribution in [0.3, 0.4) is 0 Å². The highest BCUT2D eigenvalue weighted by atomic mass is 79.9. The van der Waals surface area contributed by atoms with Gasteiger partial charge in [-0.05, 0) is 24.6 Å². The van der Waals surface area contributed by atoms with E-state index in [4.69, 9.17) is 16.7 Å². The minimum absolute atomic E-state index is 0.0429. The van der Waals surface area contributed by atoms with E-state index < -0.39 is 5.97 Å². The van der Waals surface area contributed by atoms with E-state index in [2.05, 4.69) is 20.9 Å². The second-order valence-electron chi connectivity index (χ2n) is 3.38. The number of rotatable bonds is 1. The molecule has 0 saturated heterocycles. The zero-order valence-corrected chi connectivity index (χ0v) is 10.6. The number of aromatic carboxylic acids is 1. The highest BCUT2D eigenvalue weighted by Gasteiger charge is 2.13. The average Bonchev–Trinajstić information content (AvgIpc) is 2.22. The van der Waals surface area contributed by atoms with E-state index in [0.29, 0.717) is 10.5 Å². The fourth-order valence-corrected chi connectivity index (χ4v) is 2.44. The molecule has 2 rings (SSSR count). The molecule has 0 aliphatic heterocycles. The van der Waals surface area contributed by atoms with Crippen LogP contribution in [0.25, 0.3) is 10.9 Å². The minimum Gasteiger partial charge on any atom is -0.477 e. The van der Waals surface area contributed by atoms with Crippen LogP contribution in [0.1, 0.15) is 16.1 Å². The highest BCUT2D eigenvalue weighted by Crippen LogP contribution is 2.31. The van der Waals surface area contributed by atoms with E-state index in [9.17, 15) is 4.79 Å². The summed E-state index contributed by atoms with van der Waals surface area (Å²) in [5.41, 5.74) is 1.46. The first-order valence-corrected chi connectivity index (χ1v) is 5.66. The van der Waals surface area contributed by atoms with Crippen molar-refractivity contribution in [2.45, 2.75) is 6.92 Å². The largest absolute Gasteiger partial charge is 0.477 e. The third-order valence-electron chi connectivity index (χ3n) is 2.28. The molecule has 0 atom stereocenters. The van der Waals surface area contributed by atoms with Crippen LogP contribution in [0, 0.1) is 6.92 Å². The number of aromatic nitrogens is 1. The second-order valence-corrected chi connectivity index (χ2v) is 4.64. The summed E-state index contributed by atoms with van der Waals surface area (Å²) in [6.45, 7) is 1.86. The van der Waals surface area contributed by atoms with Gasteiger partial charge in [0.1, 0.15) is 5.69 Å². The Bertz CT molecular complexity index is 598. The third-order valence-corrected chi connectivity index (χ3v) is 3.24. The number of benzene rings is 1. The maximum Gasteiger partial charge on any atom is 0.354 e. The van der Waals surface area contributed by atoms with Crippen LogP contribution < -0.4 is 0 Å². The van der Waals surface area contributed by atoms with E-state index in [0.717, 1.165) is 15.4 Å². The van der Waals surface area contributed by atoms with Crippen molar-refractivity contribution in [1.29, 1.82) is 0 Å². The van der Waals surface area contributed by atoms with Gasteiger partial charge in [0.25, 0.3) is 0 Å². The number of carboxylic acids is 1. The fourth-order valence-electron chi connectivity index (χ4n) is 1.50. The monoisotopic (exact) mass is 299 g/mol. The Labute approximate surface area is 105 Å².